The van der Waals surface area contributed by atoms with E-state index in [4.69, 9.17) is 4.74 Å². The van der Waals surface area contributed by atoms with E-state index < -0.39 is 11.9 Å². The predicted molar refractivity (Wildman–Crippen MR) is 75.3 cm³/mol. The minimum Gasteiger partial charge on any atom is -0.478 e. The third-order valence-corrected chi connectivity index (χ3v) is 2.79. The van der Waals surface area contributed by atoms with Crippen molar-refractivity contribution in [2.75, 3.05) is 18.5 Å². The Bertz CT molecular complexity index is 546. The van der Waals surface area contributed by atoms with Crippen LogP contribution in [0.25, 0.3) is 0 Å². The van der Waals surface area contributed by atoms with Gasteiger partial charge >= 0.3 is 0 Å². The maximum absolute atomic E-state index is 13.5. The zero-order chi connectivity index (χ0) is 14.4. The van der Waals surface area contributed by atoms with Crippen LogP contribution in [0, 0.1) is 5.82 Å². The monoisotopic (exact) mass is 276 g/mol. The van der Waals surface area contributed by atoms with Crippen LogP contribution in [-0.2, 0) is 0 Å². The molecule has 0 aliphatic heterocycles. The molecule has 106 valence electrons. The van der Waals surface area contributed by atoms with Crippen LogP contribution in [0.3, 0.4) is 0 Å². The SMILES string of the molecule is CCOc1ccc(NCC(O)c2ccccc2F)cn1. The summed E-state index contributed by atoms with van der Waals surface area (Å²) >= 11 is 0. The summed E-state index contributed by atoms with van der Waals surface area (Å²) in [6.45, 7) is 2.65. The fourth-order valence-corrected chi connectivity index (χ4v) is 1.79. The van der Waals surface area contributed by atoms with Crippen molar-refractivity contribution in [3.63, 3.8) is 0 Å². The van der Waals surface area contributed by atoms with Gasteiger partial charge in [0.1, 0.15) is 5.82 Å². The molecule has 1 unspecified atom stereocenters. The standard InChI is InChI=1S/C15H17FN2O2/c1-2-20-15-8-7-11(9-18-15)17-10-14(19)12-5-3-4-6-13(12)16/h3-9,14,17,19H,2,10H2,1H3. The van der Waals surface area contributed by atoms with E-state index in [2.05, 4.69) is 10.3 Å². The van der Waals surface area contributed by atoms with E-state index in [1.54, 1.807) is 36.5 Å². The van der Waals surface area contributed by atoms with Crippen LogP contribution < -0.4 is 10.1 Å². The Morgan fingerprint density at radius 1 is 1.30 bits per heavy atom. The number of pyridine rings is 1. The highest BCUT2D eigenvalue weighted by Crippen LogP contribution is 2.18. The topological polar surface area (TPSA) is 54.4 Å². The number of hydrogen-bond donors (Lipinski definition) is 2. The molecule has 1 aromatic carbocycles. The van der Waals surface area contributed by atoms with E-state index in [0.29, 0.717) is 12.5 Å². The average Bonchev–Trinajstić information content (AvgIpc) is 2.47. The van der Waals surface area contributed by atoms with Crippen LogP contribution in [-0.4, -0.2) is 23.2 Å². The summed E-state index contributed by atoms with van der Waals surface area (Å²) in [4.78, 5) is 4.10. The summed E-state index contributed by atoms with van der Waals surface area (Å²) in [7, 11) is 0. The van der Waals surface area contributed by atoms with Gasteiger partial charge in [0.2, 0.25) is 5.88 Å². The number of nitrogens with one attached hydrogen (secondary N) is 1. The molecule has 0 amide bonds. The number of hydrogen-bond acceptors (Lipinski definition) is 4. The van der Waals surface area contributed by atoms with Crippen molar-refractivity contribution in [3.05, 3.63) is 54.0 Å². The van der Waals surface area contributed by atoms with Crippen LogP contribution in [0.5, 0.6) is 5.88 Å². The molecule has 2 N–H and O–H groups in total. The molecule has 4 nitrogen and oxygen atoms in total. The van der Waals surface area contributed by atoms with Crippen LogP contribution in [0.15, 0.2) is 42.6 Å². The van der Waals surface area contributed by atoms with Crippen LogP contribution in [0.2, 0.25) is 0 Å². The van der Waals surface area contributed by atoms with Crippen molar-refractivity contribution in [1.82, 2.24) is 4.98 Å². The molecule has 20 heavy (non-hydrogen) atoms. The number of rotatable bonds is 6. The molecule has 1 heterocycles. The Morgan fingerprint density at radius 2 is 2.10 bits per heavy atom. The predicted octanol–water partition coefficient (Wildman–Crippen LogP) is 2.76. The minimum absolute atomic E-state index is 0.205. The third kappa shape index (κ3) is 3.68. The van der Waals surface area contributed by atoms with Crippen molar-refractivity contribution in [2.24, 2.45) is 0 Å². The first-order chi connectivity index (χ1) is 9.70. The van der Waals surface area contributed by atoms with Crippen LogP contribution in [0.1, 0.15) is 18.6 Å². The molecule has 0 bridgehead atoms. The van der Waals surface area contributed by atoms with E-state index >= 15 is 0 Å². The lowest BCUT2D eigenvalue weighted by molar-refractivity contribution is 0.186. The average molecular weight is 276 g/mol. The van der Waals surface area contributed by atoms with Crippen LogP contribution >= 0.6 is 0 Å². The Hall–Kier alpha value is -2.14. The van der Waals surface area contributed by atoms with Crippen molar-refractivity contribution in [1.29, 1.82) is 0 Å². The molecule has 2 rings (SSSR count). The second kappa shape index (κ2) is 6.86. The largest absolute Gasteiger partial charge is 0.478 e. The summed E-state index contributed by atoms with van der Waals surface area (Å²) in [5, 5.41) is 13.0. The smallest absolute Gasteiger partial charge is 0.213 e. The fraction of sp³-hybridized carbons (Fsp3) is 0.267. The first-order valence-corrected chi connectivity index (χ1v) is 6.46. The first kappa shape index (κ1) is 14.3. The molecule has 0 aliphatic carbocycles. The van der Waals surface area contributed by atoms with E-state index in [1.165, 1.54) is 6.07 Å². The number of aliphatic hydroxyl groups excluding tert-OH is 1. The van der Waals surface area contributed by atoms with Gasteiger partial charge < -0.3 is 15.2 Å². The van der Waals surface area contributed by atoms with Gasteiger partial charge in [-0.1, -0.05) is 18.2 Å². The third-order valence-electron chi connectivity index (χ3n) is 2.79. The van der Waals surface area contributed by atoms with E-state index in [-0.39, 0.29) is 12.1 Å². The molecule has 1 atom stereocenters. The number of aliphatic hydroxyl groups is 1. The maximum atomic E-state index is 13.5. The number of benzene rings is 1. The molecular formula is C15H17FN2O2. The van der Waals surface area contributed by atoms with Gasteiger partial charge in [-0.25, -0.2) is 9.37 Å². The second-order valence-corrected chi connectivity index (χ2v) is 4.24. The van der Waals surface area contributed by atoms with Gasteiger partial charge in [-0.15, -0.1) is 0 Å². The first-order valence-electron chi connectivity index (χ1n) is 6.46. The Balaban J connectivity index is 1.93. The van der Waals surface area contributed by atoms with Crippen molar-refractivity contribution in [2.45, 2.75) is 13.0 Å². The Labute approximate surface area is 117 Å². The van der Waals surface area contributed by atoms with Gasteiger partial charge in [0, 0.05) is 18.2 Å². The Kier molecular flexibility index (Phi) is 4.90. The zero-order valence-electron chi connectivity index (χ0n) is 11.2. The van der Waals surface area contributed by atoms with Crippen molar-refractivity contribution >= 4 is 5.69 Å². The van der Waals surface area contributed by atoms with Gasteiger partial charge in [-0.2, -0.15) is 0 Å². The number of nitrogens with zero attached hydrogens (tertiary/aromatic N) is 1. The molecule has 0 aliphatic rings. The highest BCUT2D eigenvalue weighted by Gasteiger charge is 2.11. The van der Waals surface area contributed by atoms with Gasteiger partial charge in [-0.05, 0) is 19.1 Å². The van der Waals surface area contributed by atoms with Gasteiger partial charge in [0.25, 0.3) is 0 Å². The molecule has 0 fully saturated rings. The summed E-state index contributed by atoms with van der Waals surface area (Å²) in [6.07, 6.45) is 0.696. The van der Waals surface area contributed by atoms with E-state index in [1.807, 2.05) is 6.92 Å². The Morgan fingerprint density at radius 3 is 2.75 bits per heavy atom. The lowest BCUT2D eigenvalue weighted by atomic mass is 10.1. The maximum Gasteiger partial charge on any atom is 0.213 e. The highest BCUT2D eigenvalue weighted by atomic mass is 19.1. The van der Waals surface area contributed by atoms with Crippen molar-refractivity contribution < 1.29 is 14.2 Å². The molecule has 0 saturated carbocycles. The fourth-order valence-electron chi connectivity index (χ4n) is 1.79. The molecule has 0 spiro atoms. The van der Waals surface area contributed by atoms with E-state index in [0.717, 1.165) is 5.69 Å². The highest BCUT2D eigenvalue weighted by molar-refractivity contribution is 5.42. The minimum atomic E-state index is -0.914. The van der Waals surface area contributed by atoms with Gasteiger partial charge in [0.15, 0.2) is 0 Å². The van der Waals surface area contributed by atoms with Crippen molar-refractivity contribution in [3.8, 4) is 5.88 Å². The number of ether oxygens (including phenoxy) is 1. The number of anilines is 1. The van der Waals surface area contributed by atoms with E-state index in [9.17, 15) is 9.50 Å². The summed E-state index contributed by atoms with van der Waals surface area (Å²) in [5.74, 6) is 0.138. The normalized spacial score (nSPS) is 11.9. The lowest BCUT2D eigenvalue weighted by Crippen LogP contribution is -2.13. The second-order valence-electron chi connectivity index (χ2n) is 4.24. The van der Waals surface area contributed by atoms with Gasteiger partial charge in [0.05, 0.1) is 24.6 Å². The molecule has 1 aromatic heterocycles. The lowest BCUT2D eigenvalue weighted by Gasteiger charge is -2.13. The zero-order valence-corrected chi connectivity index (χ0v) is 11.2. The van der Waals surface area contributed by atoms with Gasteiger partial charge in [-0.3, -0.25) is 0 Å². The van der Waals surface area contributed by atoms with Crippen LogP contribution in [0.4, 0.5) is 10.1 Å². The molecule has 0 radical (unpaired) electrons. The summed E-state index contributed by atoms with van der Waals surface area (Å²) in [6, 6.07) is 9.72. The summed E-state index contributed by atoms with van der Waals surface area (Å²) in [5.41, 5.74) is 1.02. The molecular weight excluding hydrogens is 259 g/mol. The molecule has 2 aromatic rings. The number of aromatic nitrogens is 1. The summed E-state index contributed by atoms with van der Waals surface area (Å²) < 4.78 is 18.7. The number of halogens is 1. The quantitative estimate of drug-likeness (QED) is 0.852. The molecule has 0 saturated heterocycles. The molecule has 5 heteroatoms.